The summed E-state index contributed by atoms with van der Waals surface area (Å²) in [6.45, 7) is 2.79. The van der Waals surface area contributed by atoms with Gasteiger partial charge in [-0.05, 0) is 26.0 Å². The van der Waals surface area contributed by atoms with Crippen molar-refractivity contribution in [1.29, 1.82) is 0 Å². The maximum atomic E-state index is 13.7. The zero-order valence-electron chi connectivity index (χ0n) is 23.5. The van der Waals surface area contributed by atoms with Crippen molar-refractivity contribution in [3.63, 3.8) is 0 Å². The molecule has 2 saturated heterocycles. The monoisotopic (exact) mass is 624 g/mol. The number of rotatable bonds is 6. The van der Waals surface area contributed by atoms with Crippen LogP contribution in [-0.2, 0) is 9.47 Å². The first kappa shape index (κ1) is 31.6. The van der Waals surface area contributed by atoms with Gasteiger partial charge in [-0.1, -0.05) is 0 Å². The highest BCUT2D eigenvalue weighted by Crippen LogP contribution is 2.45. The highest BCUT2D eigenvalue weighted by molar-refractivity contribution is 5.88. The molecule has 16 nitrogen and oxygen atoms in total. The quantitative estimate of drug-likeness (QED) is 0.159. The molecular formula is C28H32O16. The molecule has 2 aliphatic rings. The summed E-state index contributed by atoms with van der Waals surface area (Å²) in [5.74, 6) is -3.69. The van der Waals surface area contributed by atoms with Gasteiger partial charge in [0, 0.05) is 17.7 Å². The average molecular weight is 625 g/mol. The van der Waals surface area contributed by atoms with E-state index in [1.54, 1.807) is 0 Å². The van der Waals surface area contributed by atoms with Crippen LogP contribution in [0.5, 0.6) is 34.5 Å². The third kappa shape index (κ3) is 5.46. The van der Waals surface area contributed by atoms with Crippen LogP contribution >= 0.6 is 0 Å². The fourth-order valence-corrected chi connectivity index (χ4v) is 4.98. The predicted molar refractivity (Wildman–Crippen MR) is 145 cm³/mol. The van der Waals surface area contributed by atoms with Crippen LogP contribution in [0.2, 0.25) is 0 Å². The summed E-state index contributed by atoms with van der Waals surface area (Å²) < 4.78 is 32.9. The topological polar surface area (TPSA) is 258 Å². The Balaban J connectivity index is 1.61. The second-order valence-corrected chi connectivity index (χ2v) is 10.6. The van der Waals surface area contributed by atoms with Crippen LogP contribution in [0.15, 0.2) is 33.5 Å². The van der Waals surface area contributed by atoms with Crippen molar-refractivity contribution in [3.8, 4) is 45.8 Å². The normalized spacial score (nSPS) is 32.4. The summed E-state index contributed by atoms with van der Waals surface area (Å²) in [6, 6.07) is 4.38. The van der Waals surface area contributed by atoms with Crippen LogP contribution in [0.1, 0.15) is 13.8 Å². The molecular weight excluding hydrogens is 592 g/mol. The molecule has 0 bridgehead atoms. The lowest BCUT2D eigenvalue weighted by molar-refractivity contribution is -0.268. The molecule has 1 aromatic heterocycles. The second kappa shape index (κ2) is 11.9. The van der Waals surface area contributed by atoms with Gasteiger partial charge in [-0.15, -0.1) is 0 Å². The van der Waals surface area contributed by atoms with E-state index in [0.29, 0.717) is 0 Å². The van der Waals surface area contributed by atoms with E-state index >= 15 is 0 Å². The molecule has 2 aromatic carbocycles. The number of aliphatic hydroxyl groups excluding tert-OH is 6. The molecule has 0 amide bonds. The fraction of sp³-hybridized carbons (Fsp3) is 0.464. The first-order valence-electron chi connectivity index (χ1n) is 13.4. The van der Waals surface area contributed by atoms with Crippen molar-refractivity contribution < 1.29 is 74.1 Å². The van der Waals surface area contributed by atoms with Gasteiger partial charge in [-0.3, -0.25) is 4.79 Å². The minimum atomic E-state index is -1.84. The smallest absolute Gasteiger partial charge is 0.239 e. The van der Waals surface area contributed by atoms with E-state index in [-0.39, 0.29) is 22.3 Å². The molecule has 3 aromatic rings. The summed E-state index contributed by atoms with van der Waals surface area (Å²) in [7, 11) is 1.31. The van der Waals surface area contributed by atoms with Crippen molar-refractivity contribution in [2.75, 3.05) is 7.11 Å². The van der Waals surface area contributed by atoms with Crippen molar-refractivity contribution >= 4 is 11.0 Å². The zero-order chi connectivity index (χ0) is 32.2. The highest BCUT2D eigenvalue weighted by Gasteiger charge is 2.45. The number of phenols is 3. The maximum Gasteiger partial charge on any atom is 0.239 e. The van der Waals surface area contributed by atoms with E-state index in [2.05, 4.69) is 0 Å². The van der Waals surface area contributed by atoms with Crippen molar-refractivity contribution in [2.45, 2.75) is 75.3 Å². The first-order valence-corrected chi connectivity index (χ1v) is 13.4. The Bertz CT molecular complexity index is 1570. The van der Waals surface area contributed by atoms with E-state index < -0.39 is 101 Å². The van der Waals surface area contributed by atoms with Gasteiger partial charge in [0.15, 0.2) is 17.3 Å². The summed E-state index contributed by atoms with van der Waals surface area (Å²) in [5, 5.41) is 92.9. The lowest BCUT2D eigenvalue weighted by Crippen LogP contribution is -2.58. The van der Waals surface area contributed by atoms with Gasteiger partial charge in [-0.25, -0.2) is 0 Å². The Morgan fingerprint density at radius 2 is 1.16 bits per heavy atom. The van der Waals surface area contributed by atoms with Crippen LogP contribution in [0.25, 0.3) is 22.3 Å². The van der Waals surface area contributed by atoms with Crippen LogP contribution in [0, 0.1) is 0 Å². The lowest BCUT2D eigenvalue weighted by Gasteiger charge is -2.39. The van der Waals surface area contributed by atoms with Gasteiger partial charge < -0.3 is 74.1 Å². The first-order chi connectivity index (χ1) is 20.7. The number of phenolic OH excluding ortho intramolecular Hbond substituents is 3. The number of hydrogen-bond acceptors (Lipinski definition) is 16. The molecule has 3 heterocycles. The molecule has 0 saturated carbocycles. The van der Waals surface area contributed by atoms with E-state index in [4.69, 9.17) is 28.1 Å². The van der Waals surface area contributed by atoms with Crippen LogP contribution < -0.4 is 19.6 Å². The van der Waals surface area contributed by atoms with E-state index in [9.17, 15) is 50.8 Å². The Morgan fingerprint density at radius 1 is 0.659 bits per heavy atom. The summed E-state index contributed by atoms with van der Waals surface area (Å²) in [5.41, 5.74) is -1.38. The van der Waals surface area contributed by atoms with Gasteiger partial charge in [0.2, 0.25) is 29.5 Å². The molecule has 240 valence electrons. The number of fused-ring (bicyclic) bond motifs is 1. The third-order valence-electron chi connectivity index (χ3n) is 7.54. The Hall–Kier alpha value is -3.87. The molecule has 0 unspecified atom stereocenters. The molecule has 5 rings (SSSR count). The second-order valence-electron chi connectivity index (χ2n) is 10.6. The number of aromatic hydroxyl groups is 3. The molecule has 10 atom stereocenters. The highest BCUT2D eigenvalue weighted by atomic mass is 16.7. The van der Waals surface area contributed by atoms with Gasteiger partial charge in [-0.2, -0.15) is 0 Å². The molecule has 0 spiro atoms. The van der Waals surface area contributed by atoms with Crippen LogP contribution in [0.4, 0.5) is 0 Å². The van der Waals surface area contributed by atoms with Crippen molar-refractivity contribution in [2.24, 2.45) is 0 Å². The number of methoxy groups -OCH3 is 1. The summed E-state index contributed by atoms with van der Waals surface area (Å²) in [6.07, 6.45) is -15.3. The van der Waals surface area contributed by atoms with Crippen LogP contribution in [0.3, 0.4) is 0 Å². The molecule has 0 aliphatic carbocycles. The third-order valence-corrected chi connectivity index (χ3v) is 7.54. The number of hydrogen-bond donors (Lipinski definition) is 9. The summed E-state index contributed by atoms with van der Waals surface area (Å²) in [4.78, 5) is 13.7. The van der Waals surface area contributed by atoms with Crippen LogP contribution in [-0.4, -0.2) is 114 Å². The minimum Gasteiger partial charge on any atom is -0.507 e. The summed E-state index contributed by atoms with van der Waals surface area (Å²) >= 11 is 0. The fourth-order valence-electron chi connectivity index (χ4n) is 4.98. The largest absolute Gasteiger partial charge is 0.507 e. The molecule has 9 N–H and O–H groups in total. The van der Waals surface area contributed by atoms with E-state index in [1.165, 1.54) is 27.0 Å². The van der Waals surface area contributed by atoms with E-state index in [0.717, 1.165) is 18.2 Å². The maximum absolute atomic E-state index is 13.7. The number of ether oxygens (including phenoxy) is 5. The standard InChI is InChI=1S/C28H32O16/c1-8-17(32)20(35)22(37)27(40-8)43-25-13(30)4-10(5-14(25)31)24-26(44-28-23(38)21(36)18(33)9(2)41-28)19(34)16-12(29)6-11(39-3)7-15(16)42-24/h4-9,17-18,20-23,27-33,35-38H,1-3H3/t8-,9+,17+,18+,20-,21-,22+,23+,27+,28+/m1/s1. The Labute approximate surface area is 248 Å². The Kier molecular flexibility index (Phi) is 8.54. The zero-order valence-corrected chi connectivity index (χ0v) is 23.5. The van der Waals surface area contributed by atoms with Gasteiger partial charge >= 0.3 is 0 Å². The average Bonchev–Trinajstić information content (AvgIpc) is 2.98. The minimum absolute atomic E-state index is 0.108. The molecule has 0 radical (unpaired) electrons. The number of aliphatic hydroxyl groups is 6. The van der Waals surface area contributed by atoms with Crippen molar-refractivity contribution in [3.05, 3.63) is 34.5 Å². The van der Waals surface area contributed by atoms with Crippen molar-refractivity contribution in [1.82, 2.24) is 0 Å². The Morgan fingerprint density at radius 3 is 1.66 bits per heavy atom. The number of benzene rings is 2. The SMILES string of the molecule is COc1cc(O)c2c(=O)c(O[C@@H]3O[C@@H](C)[C@H](O)[C@@H](O)[C@@H]3O)c(-c3cc(O)c(O[C@@H]4O[C@H](C)[C@H](O)[C@@H](O)[C@@H]4O)c(O)c3)oc2c1. The van der Waals surface area contributed by atoms with E-state index in [1.807, 2.05) is 0 Å². The predicted octanol–water partition coefficient (Wildman–Crippen LogP) is -1.00. The molecule has 2 aliphatic heterocycles. The molecule has 2 fully saturated rings. The molecule has 16 heteroatoms. The molecule has 44 heavy (non-hydrogen) atoms. The van der Waals surface area contributed by atoms with Gasteiger partial charge in [0.05, 0.1) is 19.3 Å². The van der Waals surface area contributed by atoms with Gasteiger partial charge in [0.1, 0.15) is 59.1 Å². The van der Waals surface area contributed by atoms with Gasteiger partial charge in [0.25, 0.3) is 0 Å². The lowest BCUT2D eigenvalue weighted by atomic mass is 10.00.